The minimum atomic E-state index is -4.44. The molecule has 178 valence electrons. The summed E-state index contributed by atoms with van der Waals surface area (Å²) in [6, 6.07) is 12.2. The molecule has 1 aliphatic heterocycles. The summed E-state index contributed by atoms with van der Waals surface area (Å²) in [5.74, 6) is 0.924. The van der Waals surface area contributed by atoms with Crippen LogP contribution in [0.1, 0.15) is 16.8 Å². The van der Waals surface area contributed by atoms with E-state index >= 15 is 0 Å². The summed E-state index contributed by atoms with van der Waals surface area (Å²) in [6.07, 6.45) is -4.44. The van der Waals surface area contributed by atoms with Gasteiger partial charge in [0.1, 0.15) is 5.82 Å². The second-order valence-electron chi connectivity index (χ2n) is 8.07. The molecular formula is C24H23BrF3N5O. The first-order valence-electron chi connectivity index (χ1n) is 10.7. The first-order valence-corrected chi connectivity index (χ1v) is 11.5. The lowest BCUT2D eigenvalue weighted by Crippen LogP contribution is -2.50. The molecule has 0 spiro atoms. The van der Waals surface area contributed by atoms with Crippen molar-refractivity contribution in [2.75, 3.05) is 36.4 Å². The molecule has 1 fully saturated rings. The van der Waals surface area contributed by atoms with Crippen LogP contribution in [0.5, 0.6) is 0 Å². The van der Waals surface area contributed by atoms with Gasteiger partial charge in [-0.2, -0.15) is 13.2 Å². The maximum atomic E-state index is 13.2. The van der Waals surface area contributed by atoms with Crippen LogP contribution in [0.2, 0.25) is 0 Å². The molecule has 6 nitrogen and oxygen atoms in total. The molecular weight excluding hydrogens is 511 g/mol. The molecule has 0 atom stereocenters. The molecule has 0 unspecified atom stereocenters. The van der Waals surface area contributed by atoms with Crippen molar-refractivity contribution in [1.82, 2.24) is 14.9 Å². The van der Waals surface area contributed by atoms with Crippen molar-refractivity contribution in [2.45, 2.75) is 20.0 Å². The number of hydrogen-bond donors (Lipinski definition) is 1. The number of aromatic nitrogens is 2. The minimum Gasteiger partial charge on any atom is -0.353 e. The van der Waals surface area contributed by atoms with Crippen LogP contribution >= 0.6 is 15.9 Å². The number of hydrogen-bond acceptors (Lipinski definition) is 4. The molecule has 34 heavy (non-hydrogen) atoms. The number of carbonyl (C=O) groups is 1. The summed E-state index contributed by atoms with van der Waals surface area (Å²) in [4.78, 5) is 25.5. The quantitative estimate of drug-likeness (QED) is 0.455. The monoisotopic (exact) mass is 533 g/mol. The fraction of sp³-hybridized carbons (Fsp3) is 0.292. The Balaban J connectivity index is 1.49. The number of piperazine rings is 1. The average molecular weight is 534 g/mol. The number of amides is 2. The van der Waals surface area contributed by atoms with Crippen molar-refractivity contribution < 1.29 is 18.0 Å². The Kier molecular flexibility index (Phi) is 6.79. The topological polar surface area (TPSA) is 61.4 Å². The zero-order chi connectivity index (χ0) is 24.5. The molecule has 1 aromatic heterocycles. The minimum absolute atomic E-state index is 0.179. The van der Waals surface area contributed by atoms with Gasteiger partial charge in [-0.3, -0.25) is 0 Å². The van der Waals surface area contributed by atoms with Gasteiger partial charge in [0.25, 0.3) is 0 Å². The van der Waals surface area contributed by atoms with Gasteiger partial charge >= 0.3 is 12.2 Å². The number of nitrogens with one attached hydrogen (secondary N) is 1. The smallest absolute Gasteiger partial charge is 0.353 e. The summed E-state index contributed by atoms with van der Waals surface area (Å²) in [5, 5.41) is 2.89. The number of urea groups is 1. The number of aryl methyl sites for hydroxylation is 1. The molecule has 0 radical (unpaired) electrons. The van der Waals surface area contributed by atoms with E-state index in [9.17, 15) is 18.0 Å². The third-order valence-electron chi connectivity index (χ3n) is 5.77. The Hall–Kier alpha value is -3.14. The first kappa shape index (κ1) is 24.0. The van der Waals surface area contributed by atoms with Crippen molar-refractivity contribution in [1.29, 1.82) is 0 Å². The number of nitrogens with zero attached hydrogens (tertiary/aromatic N) is 4. The van der Waals surface area contributed by atoms with Crippen LogP contribution in [0.3, 0.4) is 0 Å². The molecule has 2 heterocycles. The van der Waals surface area contributed by atoms with Crippen LogP contribution in [0.4, 0.5) is 29.5 Å². The number of rotatable bonds is 3. The number of carbonyl (C=O) groups excluding carboxylic acids is 1. The normalized spacial score (nSPS) is 14.3. The van der Waals surface area contributed by atoms with Crippen LogP contribution in [-0.4, -0.2) is 47.1 Å². The fourth-order valence-electron chi connectivity index (χ4n) is 3.74. The van der Waals surface area contributed by atoms with E-state index < -0.39 is 11.7 Å². The molecule has 1 aliphatic rings. The maximum Gasteiger partial charge on any atom is 0.416 e. The highest BCUT2D eigenvalue weighted by Gasteiger charge is 2.31. The van der Waals surface area contributed by atoms with Crippen LogP contribution in [0.15, 0.2) is 53.0 Å². The molecule has 2 amide bonds. The standard InChI is InChI=1S/C24H23BrF3N5O/c1-15-16(2)29-21(17-4-3-5-18(14-17)24(26,27)28)31-22(15)32-10-12-33(13-11-32)23(34)30-20-8-6-19(25)7-9-20/h3-9,14H,10-13H2,1-2H3,(H,30,34). The van der Waals surface area contributed by atoms with Crippen molar-refractivity contribution >= 4 is 33.5 Å². The highest BCUT2D eigenvalue weighted by molar-refractivity contribution is 9.10. The summed E-state index contributed by atoms with van der Waals surface area (Å²) >= 11 is 3.37. The van der Waals surface area contributed by atoms with E-state index in [1.165, 1.54) is 6.07 Å². The van der Waals surface area contributed by atoms with Gasteiger partial charge in [0, 0.05) is 53.2 Å². The van der Waals surface area contributed by atoms with Gasteiger partial charge in [-0.05, 0) is 50.2 Å². The van der Waals surface area contributed by atoms with E-state index in [1.807, 2.05) is 43.0 Å². The van der Waals surface area contributed by atoms with Crippen molar-refractivity contribution in [3.8, 4) is 11.4 Å². The van der Waals surface area contributed by atoms with E-state index in [0.29, 0.717) is 48.9 Å². The molecule has 2 aromatic carbocycles. The first-order chi connectivity index (χ1) is 16.1. The van der Waals surface area contributed by atoms with Gasteiger partial charge in [-0.15, -0.1) is 0 Å². The van der Waals surface area contributed by atoms with Crippen molar-refractivity contribution in [3.05, 3.63) is 69.8 Å². The lowest BCUT2D eigenvalue weighted by Gasteiger charge is -2.36. The van der Waals surface area contributed by atoms with Gasteiger partial charge in [0.15, 0.2) is 5.82 Å². The molecule has 3 aromatic rings. The van der Waals surface area contributed by atoms with Gasteiger partial charge in [0.05, 0.1) is 5.56 Å². The lowest BCUT2D eigenvalue weighted by molar-refractivity contribution is -0.137. The SMILES string of the molecule is Cc1nc(-c2cccc(C(F)(F)F)c2)nc(N2CCN(C(=O)Nc3ccc(Br)cc3)CC2)c1C. The summed E-state index contributed by atoms with van der Waals surface area (Å²) < 4.78 is 40.4. The molecule has 1 N–H and O–H groups in total. The Morgan fingerprint density at radius 3 is 2.32 bits per heavy atom. The van der Waals surface area contributed by atoms with Crippen molar-refractivity contribution in [3.63, 3.8) is 0 Å². The van der Waals surface area contributed by atoms with Crippen LogP contribution in [0.25, 0.3) is 11.4 Å². The average Bonchev–Trinajstić information content (AvgIpc) is 2.82. The second kappa shape index (κ2) is 9.61. The Labute approximate surface area is 203 Å². The molecule has 0 bridgehead atoms. The van der Waals surface area contributed by atoms with E-state index in [2.05, 4.69) is 31.2 Å². The maximum absolute atomic E-state index is 13.2. The molecule has 0 saturated carbocycles. The van der Waals surface area contributed by atoms with Crippen LogP contribution in [0, 0.1) is 13.8 Å². The third-order valence-corrected chi connectivity index (χ3v) is 6.30. The van der Waals surface area contributed by atoms with Crippen molar-refractivity contribution in [2.24, 2.45) is 0 Å². The Morgan fingerprint density at radius 1 is 1.00 bits per heavy atom. The lowest BCUT2D eigenvalue weighted by atomic mass is 10.1. The van der Waals surface area contributed by atoms with Gasteiger partial charge in [0.2, 0.25) is 0 Å². The van der Waals surface area contributed by atoms with Gasteiger partial charge in [-0.1, -0.05) is 28.1 Å². The molecule has 1 saturated heterocycles. The van der Waals surface area contributed by atoms with Gasteiger partial charge in [-0.25, -0.2) is 14.8 Å². The number of alkyl halides is 3. The Morgan fingerprint density at radius 2 is 1.68 bits per heavy atom. The zero-order valence-electron chi connectivity index (χ0n) is 18.7. The molecule has 0 aliphatic carbocycles. The predicted molar refractivity (Wildman–Crippen MR) is 129 cm³/mol. The molecule has 4 rings (SSSR count). The van der Waals surface area contributed by atoms with Crippen LogP contribution in [-0.2, 0) is 6.18 Å². The number of halogens is 4. The summed E-state index contributed by atoms with van der Waals surface area (Å²) in [7, 11) is 0. The third kappa shape index (κ3) is 5.32. The predicted octanol–water partition coefficient (Wildman–Crippen LogP) is 5.90. The van der Waals surface area contributed by atoms with E-state index in [4.69, 9.17) is 0 Å². The number of benzene rings is 2. The fourth-order valence-corrected chi connectivity index (χ4v) is 4.01. The number of anilines is 2. The van der Waals surface area contributed by atoms with Gasteiger partial charge < -0.3 is 15.1 Å². The zero-order valence-corrected chi connectivity index (χ0v) is 20.2. The van der Waals surface area contributed by atoms with E-state index in [-0.39, 0.29) is 11.9 Å². The molecule has 10 heteroatoms. The summed E-state index contributed by atoms with van der Waals surface area (Å²) in [5.41, 5.74) is 1.85. The second-order valence-corrected chi connectivity index (χ2v) is 8.99. The highest BCUT2D eigenvalue weighted by atomic mass is 79.9. The largest absolute Gasteiger partial charge is 0.416 e. The summed E-state index contributed by atoms with van der Waals surface area (Å²) in [6.45, 7) is 5.79. The highest BCUT2D eigenvalue weighted by Crippen LogP contribution is 2.32. The van der Waals surface area contributed by atoms with E-state index in [0.717, 1.165) is 22.2 Å². The van der Waals surface area contributed by atoms with E-state index in [1.54, 1.807) is 11.0 Å². The Bertz CT molecular complexity index is 1190. The van der Waals surface area contributed by atoms with Crippen LogP contribution < -0.4 is 10.2 Å².